The minimum absolute atomic E-state index is 0.173. The first kappa shape index (κ1) is 9.77. The van der Waals surface area contributed by atoms with Gasteiger partial charge >= 0.3 is 6.09 Å². The highest BCUT2D eigenvalue weighted by Gasteiger charge is 2.45. The molecule has 80 valence electrons. The molecule has 14 heavy (non-hydrogen) atoms. The first-order chi connectivity index (χ1) is 6.77. The largest absolute Gasteiger partial charge is 0.453 e. The van der Waals surface area contributed by atoms with Crippen LogP contribution in [-0.2, 0) is 4.74 Å². The number of nitrogens with zero attached hydrogens (tertiary/aromatic N) is 1. The Labute approximate surface area is 84.6 Å². The van der Waals surface area contributed by atoms with E-state index < -0.39 is 0 Å². The molecule has 1 N–H and O–H groups in total. The standard InChI is InChI=1S/C10H18N2O2/c1-3-8-9-7(4-5-11-9)6-12(8)10(13)14-2/h7-9,11H,3-6H2,1-2H3. The van der Waals surface area contributed by atoms with Gasteiger partial charge in [0.05, 0.1) is 13.2 Å². The van der Waals surface area contributed by atoms with Crippen LogP contribution in [0.15, 0.2) is 0 Å². The molecule has 2 fully saturated rings. The molecule has 2 saturated heterocycles. The Bertz CT molecular complexity index is 232. The lowest BCUT2D eigenvalue weighted by Crippen LogP contribution is -2.43. The topological polar surface area (TPSA) is 41.6 Å². The lowest BCUT2D eigenvalue weighted by Gasteiger charge is -2.25. The average molecular weight is 198 g/mol. The van der Waals surface area contributed by atoms with Crippen LogP contribution in [0.5, 0.6) is 0 Å². The predicted molar refractivity (Wildman–Crippen MR) is 53.1 cm³/mol. The Hall–Kier alpha value is -0.770. The Morgan fingerprint density at radius 3 is 3.07 bits per heavy atom. The molecule has 0 aromatic heterocycles. The van der Waals surface area contributed by atoms with Gasteiger partial charge in [-0.25, -0.2) is 4.79 Å². The summed E-state index contributed by atoms with van der Waals surface area (Å²) in [7, 11) is 1.45. The van der Waals surface area contributed by atoms with E-state index in [1.165, 1.54) is 13.5 Å². The Kier molecular flexibility index (Phi) is 2.63. The summed E-state index contributed by atoms with van der Waals surface area (Å²) in [5.41, 5.74) is 0. The predicted octanol–water partition coefficient (Wildman–Crippen LogP) is 0.825. The van der Waals surface area contributed by atoms with Gasteiger partial charge in [0.1, 0.15) is 0 Å². The van der Waals surface area contributed by atoms with Gasteiger partial charge in [-0.2, -0.15) is 0 Å². The summed E-state index contributed by atoms with van der Waals surface area (Å²) in [5.74, 6) is 0.638. The Morgan fingerprint density at radius 1 is 1.64 bits per heavy atom. The third-order valence-electron chi connectivity index (χ3n) is 3.48. The van der Waals surface area contributed by atoms with Crippen molar-refractivity contribution < 1.29 is 9.53 Å². The van der Waals surface area contributed by atoms with Crippen LogP contribution in [0, 0.1) is 5.92 Å². The van der Waals surface area contributed by atoms with Crippen LogP contribution in [0.2, 0.25) is 0 Å². The maximum absolute atomic E-state index is 11.5. The number of nitrogens with one attached hydrogen (secondary N) is 1. The molecule has 4 heteroatoms. The molecule has 1 amide bonds. The summed E-state index contributed by atoms with van der Waals surface area (Å²) < 4.78 is 4.79. The molecule has 2 rings (SSSR count). The normalized spacial score (nSPS) is 35.9. The van der Waals surface area contributed by atoms with Gasteiger partial charge in [0.25, 0.3) is 0 Å². The molecule has 0 aromatic rings. The number of carbonyl (C=O) groups excluding carboxylic acids is 1. The highest BCUT2D eigenvalue weighted by molar-refractivity contribution is 5.68. The van der Waals surface area contributed by atoms with Crippen molar-refractivity contribution in [2.75, 3.05) is 20.2 Å². The monoisotopic (exact) mass is 198 g/mol. The summed E-state index contributed by atoms with van der Waals surface area (Å²) in [6, 6.07) is 0.828. The second-order valence-electron chi connectivity index (χ2n) is 4.13. The molecule has 2 heterocycles. The minimum atomic E-state index is -0.173. The highest BCUT2D eigenvalue weighted by atomic mass is 16.5. The maximum atomic E-state index is 11.5. The van der Waals surface area contributed by atoms with Crippen LogP contribution in [0.25, 0.3) is 0 Å². The fourth-order valence-electron chi connectivity index (χ4n) is 2.82. The summed E-state index contributed by atoms with van der Waals surface area (Å²) in [4.78, 5) is 13.4. The number of fused-ring (bicyclic) bond motifs is 1. The van der Waals surface area contributed by atoms with E-state index in [0.29, 0.717) is 18.0 Å². The zero-order chi connectivity index (χ0) is 10.1. The Balaban J connectivity index is 2.09. The van der Waals surface area contributed by atoms with Crippen molar-refractivity contribution in [2.24, 2.45) is 5.92 Å². The molecular formula is C10H18N2O2. The van der Waals surface area contributed by atoms with E-state index in [9.17, 15) is 4.79 Å². The van der Waals surface area contributed by atoms with Crippen LogP contribution < -0.4 is 5.32 Å². The number of methoxy groups -OCH3 is 1. The molecule has 4 nitrogen and oxygen atoms in total. The summed E-state index contributed by atoms with van der Waals surface area (Å²) >= 11 is 0. The van der Waals surface area contributed by atoms with Gasteiger partial charge in [-0.15, -0.1) is 0 Å². The lowest BCUT2D eigenvalue weighted by molar-refractivity contribution is 0.114. The summed E-state index contributed by atoms with van der Waals surface area (Å²) in [5, 5.41) is 3.48. The quantitative estimate of drug-likeness (QED) is 0.678. The summed E-state index contributed by atoms with van der Waals surface area (Å²) in [6.07, 6.45) is 2.02. The van der Waals surface area contributed by atoms with Gasteiger partial charge in [-0.1, -0.05) is 6.92 Å². The van der Waals surface area contributed by atoms with Crippen molar-refractivity contribution >= 4 is 6.09 Å². The van der Waals surface area contributed by atoms with E-state index >= 15 is 0 Å². The van der Waals surface area contributed by atoms with Gasteiger partial charge in [-0.05, 0) is 25.3 Å². The third kappa shape index (κ3) is 1.38. The SMILES string of the molecule is CCC1C2NCCC2CN1C(=O)OC. The van der Waals surface area contributed by atoms with Gasteiger partial charge < -0.3 is 15.0 Å². The Morgan fingerprint density at radius 2 is 2.43 bits per heavy atom. The van der Waals surface area contributed by atoms with Crippen molar-refractivity contribution in [3.05, 3.63) is 0 Å². The number of ether oxygens (including phenoxy) is 1. The van der Waals surface area contributed by atoms with Crippen LogP contribution in [-0.4, -0.2) is 43.3 Å². The van der Waals surface area contributed by atoms with Crippen LogP contribution in [0.4, 0.5) is 4.79 Å². The number of amides is 1. The van der Waals surface area contributed by atoms with E-state index in [1.54, 1.807) is 0 Å². The number of carbonyl (C=O) groups is 1. The van der Waals surface area contributed by atoms with E-state index in [2.05, 4.69) is 12.2 Å². The number of likely N-dealkylation sites (tertiary alicyclic amines) is 1. The van der Waals surface area contributed by atoms with E-state index in [0.717, 1.165) is 19.5 Å². The lowest BCUT2D eigenvalue weighted by atomic mass is 9.99. The first-order valence-corrected chi connectivity index (χ1v) is 5.36. The van der Waals surface area contributed by atoms with Crippen molar-refractivity contribution in [1.29, 1.82) is 0 Å². The van der Waals surface area contributed by atoms with Crippen LogP contribution >= 0.6 is 0 Å². The molecule has 0 spiro atoms. The van der Waals surface area contributed by atoms with Gasteiger partial charge in [0, 0.05) is 12.6 Å². The molecule has 2 aliphatic rings. The fraction of sp³-hybridized carbons (Fsp3) is 0.900. The van der Waals surface area contributed by atoms with E-state index in [1.807, 2.05) is 4.90 Å². The smallest absolute Gasteiger partial charge is 0.409 e. The second-order valence-corrected chi connectivity index (χ2v) is 4.13. The van der Waals surface area contributed by atoms with E-state index in [4.69, 9.17) is 4.74 Å². The second kappa shape index (κ2) is 3.77. The zero-order valence-electron chi connectivity index (χ0n) is 8.82. The number of rotatable bonds is 1. The minimum Gasteiger partial charge on any atom is -0.453 e. The van der Waals surface area contributed by atoms with Gasteiger partial charge in [0.15, 0.2) is 0 Å². The molecule has 0 bridgehead atoms. The molecule has 0 radical (unpaired) electrons. The van der Waals surface area contributed by atoms with Crippen molar-refractivity contribution in [3.8, 4) is 0 Å². The van der Waals surface area contributed by atoms with Crippen molar-refractivity contribution in [3.63, 3.8) is 0 Å². The number of hydrogen-bond acceptors (Lipinski definition) is 3. The highest BCUT2D eigenvalue weighted by Crippen LogP contribution is 2.31. The average Bonchev–Trinajstić information content (AvgIpc) is 2.74. The van der Waals surface area contributed by atoms with Crippen LogP contribution in [0.3, 0.4) is 0 Å². The molecule has 0 saturated carbocycles. The molecular weight excluding hydrogens is 180 g/mol. The number of hydrogen-bond donors (Lipinski definition) is 1. The van der Waals surface area contributed by atoms with Crippen molar-refractivity contribution in [2.45, 2.75) is 31.8 Å². The molecule has 3 atom stereocenters. The molecule has 0 aliphatic carbocycles. The maximum Gasteiger partial charge on any atom is 0.409 e. The zero-order valence-corrected chi connectivity index (χ0v) is 8.82. The molecule has 0 aromatic carbocycles. The summed E-state index contributed by atoms with van der Waals surface area (Å²) in [6.45, 7) is 4.09. The van der Waals surface area contributed by atoms with Gasteiger partial charge in [0.2, 0.25) is 0 Å². The molecule has 3 unspecified atom stereocenters. The first-order valence-electron chi connectivity index (χ1n) is 5.36. The van der Waals surface area contributed by atoms with Crippen molar-refractivity contribution in [1.82, 2.24) is 10.2 Å². The fourth-order valence-corrected chi connectivity index (χ4v) is 2.82. The van der Waals surface area contributed by atoms with Crippen LogP contribution in [0.1, 0.15) is 19.8 Å². The molecule has 2 aliphatic heterocycles. The van der Waals surface area contributed by atoms with E-state index in [-0.39, 0.29) is 6.09 Å². The van der Waals surface area contributed by atoms with Gasteiger partial charge in [-0.3, -0.25) is 0 Å². The third-order valence-corrected chi connectivity index (χ3v) is 3.48.